The number of carbonyl (C=O) groups excluding carboxylic acids is 1. The Labute approximate surface area is 176 Å². The largest absolute Gasteiger partial charge is 0.444 e. The molecule has 1 aromatic carbocycles. The van der Waals surface area contributed by atoms with E-state index in [4.69, 9.17) is 4.74 Å². The molecule has 29 heavy (non-hydrogen) atoms. The summed E-state index contributed by atoms with van der Waals surface area (Å²) in [6, 6.07) is 8.21. The number of alkyl carbamates (subject to hydrolysis) is 1. The Kier molecular flexibility index (Phi) is 11.3. The van der Waals surface area contributed by atoms with Crippen molar-refractivity contribution in [3.63, 3.8) is 0 Å². The molecule has 0 fully saturated rings. The van der Waals surface area contributed by atoms with Crippen LogP contribution in [-0.4, -0.2) is 40.7 Å². The topological polar surface area (TPSA) is 78.8 Å². The number of aliphatic hydroxyl groups is 2. The summed E-state index contributed by atoms with van der Waals surface area (Å²) in [7, 11) is 0. The molecule has 1 rings (SSSR count). The highest BCUT2D eigenvalue weighted by Crippen LogP contribution is 2.17. The van der Waals surface area contributed by atoms with Crippen molar-refractivity contribution in [1.29, 1.82) is 0 Å². The molecule has 0 bridgehead atoms. The van der Waals surface area contributed by atoms with Gasteiger partial charge in [0.25, 0.3) is 0 Å². The summed E-state index contributed by atoms with van der Waals surface area (Å²) < 4.78 is 5.27. The molecule has 1 aromatic rings. The van der Waals surface area contributed by atoms with Crippen molar-refractivity contribution in [3.8, 4) is 0 Å². The van der Waals surface area contributed by atoms with Crippen molar-refractivity contribution in [1.82, 2.24) is 5.32 Å². The number of carbonyl (C=O) groups is 1. The normalized spacial score (nSPS) is 12.1. The smallest absolute Gasteiger partial charge is 0.408 e. The third-order valence-electron chi connectivity index (χ3n) is 5.01. The van der Waals surface area contributed by atoms with Crippen LogP contribution in [0, 0.1) is 0 Å². The van der Waals surface area contributed by atoms with Gasteiger partial charge in [-0.2, -0.15) is 0 Å². The molecule has 0 unspecified atom stereocenters. The van der Waals surface area contributed by atoms with Gasteiger partial charge in [-0.3, -0.25) is 0 Å². The first kappa shape index (κ1) is 25.4. The Morgan fingerprint density at radius 2 is 1.41 bits per heavy atom. The first-order valence-corrected chi connectivity index (χ1v) is 11.0. The van der Waals surface area contributed by atoms with Crippen LogP contribution in [0.1, 0.15) is 83.8 Å². The fourth-order valence-corrected chi connectivity index (χ4v) is 3.31. The number of aryl methyl sites for hydroxylation is 1. The van der Waals surface area contributed by atoms with Crippen LogP contribution in [-0.2, 0) is 17.6 Å². The van der Waals surface area contributed by atoms with Crippen molar-refractivity contribution >= 4 is 6.09 Å². The van der Waals surface area contributed by atoms with Gasteiger partial charge in [-0.1, -0.05) is 69.7 Å². The number of benzene rings is 1. The Morgan fingerprint density at radius 1 is 0.897 bits per heavy atom. The highest BCUT2D eigenvalue weighted by molar-refractivity contribution is 5.69. The zero-order valence-electron chi connectivity index (χ0n) is 18.8. The van der Waals surface area contributed by atoms with Gasteiger partial charge in [-0.15, -0.1) is 0 Å². The monoisotopic (exact) mass is 407 g/mol. The SMILES string of the molecule is CCCCCCCCCc1ccc(CC(CO)(CO)NC(=O)OC(C)(C)C)cc1. The molecule has 0 heterocycles. The lowest BCUT2D eigenvalue weighted by Gasteiger charge is -2.32. The summed E-state index contributed by atoms with van der Waals surface area (Å²) in [5, 5.41) is 22.3. The van der Waals surface area contributed by atoms with E-state index in [9.17, 15) is 15.0 Å². The lowest BCUT2D eigenvalue weighted by atomic mass is 9.91. The maximum atomic E-state index is 12.1. The van der Waals surface area contributed by atoms with E-state index in [0.29, 0.717) is 6.42 Å². The Hall–Kier alpha value is -1.59. The van der Waals surface area contributed by atoms with E-state index in [1.807, 2.05) is 12.1 Å². The van der Waals surface area contributed by atoms with Crippen LogP contribution in [0.25, 0.3) is 0 Å². The first-order chi connectivity index (χ1) is 13.7. The second-order valence-corrected chi connectivity index (χ2v) is 9.09. The van der Waals surface area contributed by atoms with Gasteiger partial charge in [0.15, 0.2) is 0 Å². The number of hydrogen-bond acceptors (Lipinski definition) is 4. The molecule has 0 aromatic heterocycles. The maximum Gasteiger partial charge on any atom is 0.408 e. The number of nitrogens with one attached hydrogen (secondary N) is 1. The molecule has 0 radical (unpaired) electrons. The van der Waals surface area contributed by atoms with Gasteiger partial charge in [0.2, 0.25) is 0 Å². The van der Waals surface area contributed by atoms with Crippen LogP contribution in [0.5, 0.6) is 0 Å². The van der Waals surface area contributed by atoms with Crippen molar-refractivity contribution in [3.05, 3.63) is 35.4 Å². The molecule has 0 saturated heterocycles. The zero-order valence-corrected chi connectivity index (χ0v) is 18.8. The van der Waals surface area contributed by atoms with Crippen LogP contribution in [0.15, 0.2) is 24.3 Å². The lowest BCUT2D eigenvalue weighted by Crippen LogP contribution is -2.56. The highest BCUT2D eigenvalue weighted by atomic mass is 16.6. The Bertz CT molecular complexity index is 574. The molecule has 0 saturated carbocycles. The van der Waals surface area contributed by atoms with Gasteiger partial charge in [-0.05, 0) is 44.7 Å². The molecule has 1 amide bonds. The molecule has 3 N–H and O–H groups in total. The van der Waals surface area contributed by atoms with E-state index in [2.05, 4.69) is 24.4 Å². The molecule has 0 spiro atoms. The standard InChI is InChI=1S/C24H41NO4/c1-5-6-7-8-9-10-11-12-20-13-15-21(16-14-20)17-24(18-26,19-27)25-22(28)29-23(2,3)4/h13-16,26-27H,5-12,17-19H2,1-4H3,(H,25,28). The van der Waals surface area contributed by atoms with E-state index in [-0.39, 0.29) is 13.2 Å². The number of aliphatic hydroxyl groups excluding tert-OH is 2. The van der Waals surface area contributed by atoms with Gasteiger partial charge in [0, 0.05) is 6.42 Å². The molecule has 5 nitrogen and oxygen atoms in total. The molecule has 0 aliphatic carbocycles. The van der Waals surface area contributed by atoms with Crippen LogP contribution >= 0.6 is 0 Å². The third kappa shape index (κ3) is 10.7. The molecule has 5 heteroatoms. The second-order valence-electron chi connectivity index (χ2n) is 9.09. The summed E-state index contributed by atoms with van der Waals surface area (Å²) in [6.07, 6.45) is 9.84. The fraction of sp³-hybridized carbons (Fsp3) is 0.708. The Balaban J connectivity index is 2.54. The van der Waals surface area contributed by atoms with Crippen molar-refractivity contribution < 1.29 is 19.7 Å². The van der Waals surface area contributed by atoms with Gasteiger partial charge < -0.3 is 20.3 Å². The zero-order chi connectivity index (χ0) is 21.8. The highest BCUT2D eigenvalue weighted by Gasteiger charge is 2.33. The summed E-state index contributed by atoms with van der Waals surface area (Å²) in [4.78, 5) is 12.1. The molecule has 0 atom stereocenters. The van der Waals surface area contributed by atoms with E-state index in [1.165, 1.54) is 50.5 Å². The summed E-state index contributed by atoms with van der Waals surface area (Å²) in [6.45, 7) is 6.82. The average molecular weight is 408 g/mol. The third-order valence-corrected chi connectivity index (χ3v) is 5.01. The van der Waals surface area contributed by atoms with E-state index in [0.717, 1.165) is 12.0 Å². The summed E-state index contributed by atoms with van der Waals surface area (Å²) in [5.74, 6) is 0. The number of rotatable bonds is 13. The van der Waals surface area contributed by atoms with Crippen LogP contribution < -0.4 is 5.32 Å². The minimum atomic E-state index is -1.15. The van der Waals surface area contributed by atoms with Crippen LogP contribution in [0.4, 0.5) is 4.79 Å². The average Bonchev–Trinajstić information content (AvgIpc) is 2.66. The van der Waals surface area contributed by atoms with Crippen molar-refractivity contribution in [2.75, 3.05) is 13.2 Å². The number of ether oxygens (including phenoxy) is 1. The fourth-order valence-electron chi connectivity index (χ4n) is 3.31. The minimum Gasteiger partial charge on any atom is -0.444 e. The number of hydrogen-bond donors (Lipinski definition) is 3. The van der Waals surface area contributed by atoms with E-state index >= 15 is 0 Å². The predicted molar refractivity (Wildman–Crippen MR) is 118 cm³/mol. The molecular weight excluding hydrogens is 366 g/mol. The summed E-state index contributed by atoms with van der Waals surface area (Å²) >= 11 is 0. The number of unbranched alkanes of at least 4 members (excludes halogenated alkanes) is 6. The first-order valence-electron chi connectivity index (χ1n) is 11.0. The van der Waals surface area contributed by atoms with Gasteiger partial charge in [0.1, 0.15) is 5.60 Å². The molecule has 0 aliphatic heterocycles. The quantitative estimate of drug-likeness (QED) is 0.412. The van der Waals surface area contributed by atoms with Crippen LogP contribution in [0.2, 0.25) is 0 Å². The summed E-state index contributed by atoms with van der Waals surface area (Å²) in [5.41, 5.74) is 0.453. The van der Waals surface area contributed by atoms with Gasteiger partial charge in [0.05, 0.1) is 18.8 Å². The van der Waals surface area contributed by atoms with Crippen molar-refractivity contribution in [2.24, 2.45) is 0 Å². The molecule has 166 valence electrons. The van der Waals surface area contributed by atoms with Crippen molar-refractivity contribution in [2.45, 2.75) is 96.6 Å². The lowest BCUT2D eigenvalue weighted by molar-refractivity contribution is 0.0295. The van der Waals surface area contributed by atoms with E-state index in [1.54, 1.807) is 20.8 Å². The molecule has 0 aliphatic rings. The molecular formula is C24H41NO4. The Morgan fingerprint density at radius 3 is 1.93 bits per heavy atom. The van der Waals surface area contributed by atoms with Gasteiger partial charge in [-0.25, -0.2) is 4.79 Å². The van der Waals surface area contributed by atoms with Crippen LogP contribution in [0.3, 0.4) is 0 Å². The van der Waals surface area contributed by atoms with Gasteiger partial charge >= 0.3 is 6.09 Å². The van der Waals surface area contributed by atoms with E-state index < -0.39 is 17.2 Å². The second kappa shape index (κ2) is 12.9. The minimum absolute atomic E-state index is 0.330. The predicted octanol–water partition coefficient (Wildman–Crippen LogP) is 4.77. The number of amides is 1. The maximum absolute atomic E-state index is 12.1.